The predicted octanol–water partition coefficient (Wildman–Crippen LogP) is 4.71. The molecule has 0 fully saturated rings. The maximum Gasteiger partial charge on any atom is 0.350 e. The maximum absolute atomic E-state index is 12.2. The van der Waals surface area contributed by atoms with Gasteiger partial charge in [0.15, 0.2) is 0 Å². The number of nitrogens with zero attached hydrogens (tertiary/aromatic N) is 1. The molecule has 2 heterocycles. The molecule has 1 aromatic carbocycles. The average Bonchev–Trinajstić information content (AvgIpc) is 3.21. The van der Waals surface area contributed by atoms with Gasteiger partial charge in [-0.2, -0.15) is 0 Å². The van der Waals surface area contributed by atoms with Crippen LogP contribution in [0.25, 0.3) is 16.8 Å². The van der Waals surface area contributed by atoms with Crippen LogP contribution in [0.5, 0.6) is 0 Å². The first kappa shape index (κ1) is 14.9. The van der Waals surface area contributed by atoms with Crippen molar-refractivity contribution in [2.75, 3.05) is 13.4 Å². The van der Waals surface area contributed by atoms with Crippen molar-refractivity contribution in [3.05, 3.63) is 59.7 Å². The number of carbonyl (C=O) groups excluding carboxylic acids is 1. The van der Waals surface area contributed by atoms with Gasteiger partial charge in [-0.25, -0.2) is 4.79 Å². The van der Waals surface area contributed by atoms with E-state index in [1.54, 1.807) is 11.8 Å². The lowest BCUT2D eigenvalue weighted by atomic mass is 10.1. The molecule has 5 heteroatoms. The van der Waals surface area contributed by atoms with Gasteiger partial charge < -0.3 is 9.30 Å². The standard InChI is InChI=1S/C17H15NO2S2/c1-20-16(19)15-14(18-10-6-7-11-18)13(17(21-2)22-15)12-8-4-3-5-9-12/h3-11H,1-2H3. The number of hydrogen-bond acceptors (Lipinski definition) is 4. The van der Waals surface area contributed by atoms with Crippen LogP contribution >= 0.6 is 23.1 Å². The minimum absolute atomic E-state index is 0.300. The summed E-state index contributed by atoms with van der Waals surface area (Å²) in [5.41, 5.74) is 3.06. The molecule has 0 radical (unpaired) electrons. The van der Waals surface area contributed by atoms with Crippen molar-refractivity contribution in [2.24, 2.45) is 0 Å². The Labute approximate surface area is 137 Å². The second kappa shape index (κ2) is 6.42. The number of rotatable bonds is 4. The molecule has 3 aromatic rings. The van der Waals surface area contributed by atoms with Crippen LogP contribution in [-0.4, -0.2) is 23.9 Å². The molecule has 2 aromatic heterocycles. The third-order valence-corrected chi connectivity index (χ3v) is 5.61. The van der Waals surface area contributed by atoms with Crippen LogP contribution < -0.4 is 0 Å². The highest BCUT2D eigenvalue weighted by Gasteiger charge is 2.25. The predicted molar refractivity (Wildman–Crippen MR) is 92.2 cm³/mol. The van der Waals surface area contributed by atoms with Gasteiger partial charge in [0.1, 0.15) is 4.88 Å². The van der Waals surface area contributed by atoms with E-state index in [9.17, 15) is 4.79 Å². The van der Waals surface area contributed by atoms with Crippen molar-refractivity contribution in [3.63, 3.8) is 0 Å². The number of benzene rings is 1. The molecule has 0 aliphatic carbocycles. The molecule has 0 N–H and O–H groups in total. The fourth-order valence-electron chi connectivity index (χ4n) is 2.37. The van der Waals surface area contributed by atoms with Gasteiger partial charge >= 0.3 is 5.97 Å². The molecule has 0 atom stereocenters. The molecule has 0 saturated carbocycles. The normalized spacial score (nSPS) is 10.6. The van der Waals surface area contributed by atoms with Gasteiger partial charge in [0.2, 0.25) is 0 Å². The Bertz CT molecular complexity index is 777. The monoisotopic (exact) mass is 329 g/mol. The quantitative estimate of drug-likeness (QED) is 0.513. The van der Waals surface area contributed by atoms with E-state index >= 15 is 0 Å². The summed E-state index contributed by atoms with van der Waals surface area (Å²) in [5, 5.41) is 0. The molecule has 0 amide bonds. The smallest absolute Gasteiger partial charge is 0.350 e. The molecule has 3 rings (SSSR count). The van der Waals surface area contributed by atoms with Crippen molar-refractivity contribution in [2.45, 2.75) is 4.21 Å². The van der Waals surface area contributed by atoms with E-state index in [1.807, 2.05) is 53.5 Å². The molecule has 112 valence electrons. The number of ether oxygens (including phenoxy) is 1. The van der Waals surface area contributed by atoms with Crippen molar-refractivity contribution >= 4 is 29.1 Å². The number of thiophene rings is 1. The summed E-state index contributed by atoms with van der Waals surface area (Å²) in [7, 11) is 1.42. The van der Waals surface area contributed by atoms with E-state index in [1.165, 1.54) is 18.4 Å². The maximum atomic E-state index is 12.2. The van der Waals surface area contributed by atoms with E-state index < -0.39 is 0 Å². The van der Waals surface area contributed by atoms with Crippen molar-refractivity contribution in [1.29, 1.82) is 0 Å². The Kier molecular flexibility index (Phi) is 4.36. The summed E-state index contributed by atoms with van der Waals surface area (Å²) in [6, 6.07) is 14.0. The Hall–Kier alpha value is -1.98. The number of hydrogen-bond donors (Lipinski definition) is 0. The molecule has 22 heavy (non-hydrogen) atoms. The second-order valence-electron chi connectivity index (χ2n) is 4.59. The summed E-state index contributed by atoms with van der Waals surface area (Å²) in [6.45, 7) is 0. The van der Waals surface area contributed by atoms with Crippen molar-refractivity contribution in [3.8, 4) is 16.8 Å². The number of esters is 1. The van der Waals surface area contributed by atoms with Gasteiger partial charge in [-0.15, -0.1) is 23.1 Å². The number of methoxy groups -OCH3 is 1. The first-order valence-corrected chi connectivity index (χ1v) is 8.78. The van der Waals surface area contributed by atoms with Gasteiger partial charge in [0.25, 0.3) is 0 Å². The average molecular weight is 329 g/mol. The molecule has 0 aliphatic rings. The minimum atomic E-state index is -0.300. The lowest BCUT2D eigenvalue weighted by molar-refractivity contribution is 0.0606. The number of thioether (sulfide) groups is 1. The second-order valence-corrected chi connectivity index (χ2v) is 6.69. The Morgan fingerprint density at radius 1 is 1.14 bits per heavy atom. The third kappa shape index (κ3) is 2.58. The van der Waals surface area contributed by atoms with Crippen LogP contribution in [0.4, 0.5) is 0 Å². The van der Waals surface area contributed by atoms with Gasteiger partial charge in [0, 0.05) is 18.0 Å². The first-order chi connectivity index (χ1) is 10.8. The molecular formula is C17H15NO2S2. The van der Waals surface area contributed by atoms with Crippen LogP contribution in [0, 0.1) is 0 Å². The van der Waals surface area contributed by atoms with Crippen LogP contribution in [0.2, 0.25) is 0 Å². The molecule has 0 saturated heterocycles. The number of aromatic nitrogens is 1. The minimum Gasteiger partial charge on any atom is -0.465 e. The summed E-state index contributed by atoms with van der Waals surface area (Å²) in [5.74, 6) is -0.300. The number of carbonyl (C=O) groups is 1. The van der Waals surface area contributed by atoms with Gasteiger partial charge in [-0.3, -0.25) is 0 Å². The van der Waals surface area contributed by atoms with Crippen LogP contribution in [0.15, 0.2) is 59.1 Å². The fourth-order valence-corrected chi connectivity index (χ4v) is 4.34. The Balaban J connectivity index is 2.32. The highest BCUT2D eigenvalue weighted by molar-refractivity contribution is 8.00. The van der Waals surface area contributed by atoms with E-state index in [0.29, 0.717) is 4.88 Å². The topological polar surface area (TPSA) is 31.2 Å². The summed E-state index contributed by atoms with van der Waals surface area (Å²) >= 11 is 3.13. The van der Waals surface area contributed by atoms with E-state index in [2.05, 4.69) is 12.1 Å². The SMILES string of the molecule is COC(=O)c1sc(SC)c(-c2ccccc2)c1-n1cccc1. The van der Waals surface area contributed by atoms with Gasteiger partial charge in [-0.1, -0.05) is 30.3 Å². The lowest BCUT2D eigenvalue weighted by Gasteiger charge is -2.09. The zero-order chi connectivity index (χ0) is 15.5. The summed E-state index contributed by atoms with van der Waals surface area (Å²) < 4.78 is 8.06. The van der Waals surface area contributed by atoms with E-state index in [0.717, 1.165) is 21.0 Å². The fraction of sp³-hybridized carbons (Fsp3) is 0.118. The van der Waals surface area contributed by atoms with Gasteiger partial charge in [0.05, 0.1) is 17.0 Å². The van der Waals surface area contributed by atoms with E-state index in [-0.39, 0.29) is 5.97 Å². The highest BCUT2D eigenvalue weighted by atomic mass is 32.2. The van der Waals surface area contributed by atoms with Crippen LogP contribution in [-0.2, 0) is 4.74 Å². The van der Waals surface area contributed by atoms with Crippen molar-refractivity contribution in [1.82, 2.24) is 4.57 Å². The summed E-state index contributed by atoms with van der Waals surface area (Å²) in [6.07, 6.45) is 5.93. The third-order valence-electron chi connectivity index (χ3n) is 3.33. The Morgan fingerprint density at radius 2 is 1.82 bits per heavy atom. The molecule has 3 nitrogen and oxygen atoms in total. The molecular weight excluding hydrogens is 314 g/mol. The van der Waals surface area contributed by atoms with Crippen molar-refractivity contribution < 1.29 is 9.53 Å². The zero-order valence-electron chi connectivity index (χ0n) is 12.3. The van der Waals surface area contributed by atoms with Crippen LogP contribution in [0.1, 0.15) is 9.67 Å². The largest absolute Gasteiger partial charge is 0.465 e. The molecule has 0 unspecified atom stereocenters. The Morgan fingerprint density at radius 3 is 2.41 bits per heavy atom. The summed E-state index contributed by atoms with van der Waals surface area (Å²) in [4.78, 5) is 12.8. The highest BCUT2D eigenvalue weighted by Crippen LogP contribution is 2.44. The zero-order valence-corrected chi connectivity index (χ0v) is 13.9. The van der Waals surface area contributed by atoms with E-state index in [4.69, 9.17) is 4.74 Å². The lowest BCUT2D eigenvalue weighted by Crippen LogP contribution is -2.04. The molecule has 0 aliphatic heterocycles. The van der Waals surface area contributed by atoms with Gasteiger partial charge in [-0.05, 0) is 24.0 Å². The molecule has 0 spiro atoms. The first-order valence-electron chi connectivity index (χ1n) is 6.74. The molecule has 0 bridgehead atoms. The van der Waals surface area contributed by atoms with Crippen LogP contribution in [0.3, 0.4) is 0 Å².